The van der Waals surface area contributed by atoms with Crippen LogP contribution in [0.15, 0.2) is 23.3 Å². The van der Waals surface area contributed by atoms with E-state index in [2.05, 4.69) is 23.0 Å². The topological polar surface area (TPSA) is 55.7 Å². The molecule has 98 valence electrons. The van der Waals surface area contributed by atoms with Crippen molar-refractivity contribution >= 4 is 13.6 Å². The smallest absolute Gasteiger partial charge is 0.183 e. The first-order valence-electron chi connectivity index (χ1n) is 6.62. The molecule has 0 aromatic carbocycles. The lowest BCUT2D eigenvalue weighted by Crippen LogP contribution is -2.15. The summed E-state index contributed by atoms with van der Waals surface area (Å²) < 4.78 is 0. The molecule has 0 atom stereocenters. The van der Waals surface area contributed by atoms with Crippen LogP contribution < -0.4 is 0 Å². The zero-order valence-corrected chi connectivity index (χ0v) is 11.9. The molecule has 4 nitrogen and oxygen atoms in total. The maximum Gasteiger partial charge on any atom is 0.183 e. The first kappa shape index (κ1) is 13.7. The summed E-state index contributed by atoms with van der Waals surface area (Å²) in [5.41, 5.74) is 3.56. The van der Waals surface area contributed by atoms with Gasteiger partial charge in [-0.1, -0.05) is 12.2 Å². The molecular formula is C14H18BN3O. The Morgan fingerprint density at radius 2 is 1.74 bits per heavy atom. The van der Waals surface area contributed by atoms with Gasteiger partial charge in [0.05, 0.1) is 11.4 Å². The zero-order chi connectivity index (χ0) is 14.0. The highest BCUT2D eigenvalue weighted by atomic mass is 16.1. The number of Topliss-reactive ketones (excluding diaryl/α,β-unsaturated/α-hetero) is 1. The molecule has 0 spiro atoms. The van der Waals surface area contributed by atoms with Crippen LogP contribution in [-0.4, -0.2) is 28.8 Å². The predicted molar refractivity (Wildman–Crippen MR) is 76.5 cm³/mol. The molecule has 0 unspecified atom stereocenters. The van der Waals surface area contributed by atoms with E-state index in [1.807, 2.05) is 32.9 Å². The SMILES string of the molecule is BCc1nc(C)nnc1CC1C=C(C)C(=O)C(C)=C1. The molecule has 1 aliphatic carbocycles. The van der Waals surface area contributed by atoms with Gasteiger partial charge < -0.3 is 0 Å². The Morgan fingerprint density at radius 3 is 2.32 bits per heavy atom. The molecule has 0 fully saturated rings. The summed E-state index contributed by atoms with van der Waals surface area (Å²) in [6.07, 6.45) is 5.63. The van der Waals surface area contributed by atoms with Crippen LogP contribution in [0.3, 0.4) is 0 Å². The maximum absolute atomic E-state index is 11.7. The van der Waals surface area contributed by atoms with E-state index < -0.39 is 0 Å². The standard InChI is InChI=1S/C14H18BN3O/c1-8-4-11(5-9(2)14(8)19)6-12-13(7-15)16-10(3)17-18-12/h4-5,11H,6-7,15H2,1-3H3. The minimum absolute atomic E-state index is 0.139. The zero-order valence-electron chi connectivity index (χ0n) is 11.9. The highest BCUT2D eigenvalue weighted by molar-refractivity contribution is 6.08. The molecule has 0 bridgehead atoms. The van der Waals surface area contributed by atoms with Crippen LogP contribution in [0.25, 0.3) is 0 Å². The Morgan fingerprint density at radius 1 is 1.11 bits per heavy atom. The van der Waals surface area contributed by atoms with E-state index >= 15 is 0 Å². The van der Waals surface area contributed by atoms with Crippen molar-refractivity contribution in [2.24, 2.45) is 5.92 Å². The van der Waals surface area contributed by atoms with Gasteiger partial charge in [0.1, 0.15) is 13.7 Å². The molecule has 0 radical (unpaired) electrons. The average Bonchev–Trinajstić information content (AvgIpc) is 2.38. The molecule has 0 N–H and O–H groups in total. The van der Waals surface area contributed by atoms with E-state index in [0.29, 0.717) is 5.82 Å². The summed E-state index contributed by atoms with van der Waals surface area (Å²) >= 11 is 0. The van der Waals surface area contributed by atoms with Crippen molar-refractivity contribution < 1.29 is 4.79 Å². The van der Waals surface area contributed by atoms with Gasteiger partial charge in [-0.05, 0) is 38.2 Å². The Labute approximate surface area is 114 Å². The van der Waals surface area contributed by atoms with Gasteiger partial charge in [0.25, 0.3) is 0 Å². The molecule has 0 amide bonds. The van der Waals surface area contributed by atoms with Crippen LogP contribution in [0.1, 0.15) is 31.1 Å². The lowest BCUT2D eigenvalue weighted by molar-refractivity contribution is -0.112. The van der Waals surface area contributed by atoms with Gasteiger partial charge in [-0.25, -0.2) is 4.98 Å². The van der Waals surface area contributed by atoms with E-state index in [9.17, 15) is 4.79 Å². The second kappa shape index (κ2) is 5.47. The monoisotopic (exact) mass is 255 g/mol. The number of aryl methyl sites for hydroxylation is 1. The molecule has 0 aliphatic heterocycles. The van der Waals surface area contributed by atoms with Gasteiger partial charge in [0.2, 0.25) is 0 Å². The summed E-state index contributed by atoms with van der Waals surface area (Å²) in [7, 11) is 2.07. The summed E-state index contributed by atoms with van der Waals surface area (Å²) in [5, 5.41) is 8.29. The van der Waals surface area contributed by atoms with E-state index in [-0.39, 0.29) is 11.7 Å². The number of carbonyl (C=O) groups excluding carboxylic acids is 1. The molecule has 1 heterocycles. The normalized spacial score (nSPS) is 16.3. The predicted octanol–water partition coefficient (Wildman–Crippen LogP) is 0.947. The second-order valence-corrected chi connectivity index (χ2v) is 5.00. The van der Waals surface area contributed by atoms with Crippen LogP contribution in [0, 0.1) is 12.8 Å². The minimum Gasteiger partial charge on any atom is -0.289 e. The fraction of sp³-hybridized carbons (Fsp3) is 0.429. The summed E-state index contributed by atoms with van der Waals surface area (Å²) in [6.45, 7) is 5.58. The van der Waals surface area contributed by atoms with Crippen molar-refractivity contribution in [3.63, 3.8) is 0 Å². The number of nitrogens with zero attached hydrogens (tertiary/aromatic N) is 3. The Hall–Kier alpha value is -1.78. The van der Waals surface area contributed by atoms with Gasteiger partial charge in [0.15, 0.2) is 5.78 Å². The van der Waals surface area contributed by atoms with E-state index in [4.69, 9.17) is 0 Å². The Balaban J connectivity index is 2.25. The van der Waals surface area contributed by atoms with Crippen LogP contribution in [-0.2, 0) is 17.5 Å². The van der Waals surface area contributed by atoms with Gasteiger partial charge in [-0.15, -0.1) is 5.10 Å². The molecule has 1 aliphatic rings. The maximum atomic E-state index is 11.7. The third-order valence-corrected chi connectivity index (χ3v) is 3.35. The summed E-state index contributed by atoms with van der Waals surface area (Å²) in [4.78, 5) is 16.1. The first-order chi connectivity index (χ1) is 9.01. The summed E-state index contributed by atoms with van der Waals surface area (Å²) in [5.74, 6) is 1.06. The molecule has 0 saturated carbocycles. The molecule has 0 saturated heterocycles. The minimum atomic E-state index is 0.139. The average molecular weight is 255 g/mol. The largest absolute Gasteiger partial charge is 0.289 e. The van der Waals surface area contributed by atoms with Crippen LogP contribution in [0.5, 0.6) is 0 Å². The quantitative estimate of drug-likeness (QED) is 0.754. The van der Waals surface area contributed by atoms with E-state index in [0.717, 1.165) is 35.3 Å². The number of allylic oxidation sites excluding steroid dienone is 4. The Kier molecular flexibility index (Phi) is 3.93. The van der Waals surface area contributed by atoms with E-state index in [1.165, 1.54) is 0 Å². The lowest BCUT2D eigenvalue weighted by Gasteiger charge is -2.16. The highest BCUT2D eigenvalue weighted by Gasteiger charge is 2.19. The van der Waals surface area contributed by atoms with Crippen LogP contribution in [0.4, 0.5) is 0 Å². The molecule has 5 heteroatoms. The molecule has 1 aromatic heterocycles. The van der Waals surface area contributed by atoms with Crippen molar-refractivity contribution in [1.29, 1.82) is 0 Å². The third kappa shape index (κ3) is 2.97. The number of hydrogen-bond acceptors (Lipinski definition) is 4. The van der Waals surface area contributed by atoms with Crippen molar-refractivity contribution in [2.75, 3.05) is 0 Å². The molecule has 2 rings (SSSR count). The van der Waals surface area contributed by atoms with Crippen molar-refractivity contribution in [2.45, 2.75) is 33.5 Å². The number of aromatic nitrogens is 3. The second-order valence-electron chi connectivity index (χ2n) is 5.00. The number of rotatable bonds is 3. The fourth-order valence-corrected chi connectivity index (χ4v) is 2.41. The van der Waals surface area contributed by atoms with Crippen molar-refractivity contribution in [1.82, 2.24) is 15.2 Å². The Bertz CT molecular complexity index is 556. The molecular weight excluding hydrogens is 237 g/mol. The van der Waals surface area contributed by atoms with Crippen LogP contribution in [0.2, 0.25) is 0 Å². The highest BCUT2D eigenvalue weighted by Crippen LogP contribution is 2.22. The van der Waals surface area contributed by atoms with Gasteiger partial charge in [0, 0.05) is 12.3 Å². The number of hydrogen-bond donors (Lipinski definition) is 0. The molecule has 1 aromatic rings. The van der Waals surface area contributed by atoms with Gasteiger partial charge >= 0.3 is 0 Å². The van der Waals surface area contributed by atoms with Gasteiger partial charge in [-0.3, -0.25) is 4.79 Å². The third-order valence-electron chi connectivity index (χ3n) is 3.35. The molecule has 19 heavy (non-hydrogen) atoms. The summed E-state index contributed by atoms with van der Waals surface area (Å²) in [6, 6.07) is 0. The fourth-order valence-electron chi connectivity index (χ4n) is 2.41. The number of ketones is 1. The van der Waals surface area contributed by atoms with E-state index in [1.54, 1.807) is 0 Å². The van der Waals surface area contributed by atoms with Crippen molar-refractivity contribution in [3.05, 3.63) is 40.5 Å². The lowest BCUT2D eigenvalue weighted by atomic mass is 9.88. The van der Waals surface area contributed by atoms with Crippen molar-refractivity contribution in [3.8, 4) is 0 Å². The number of carbonyl (C=O) groups is 1. The van der Waals surface area contributed by atoms with Gasteiger partial charge in [-0.2, -0.15) is 5.10 Å². The van der Waals surface area contributed by atoms with Crippen LogP contribution >= 0.6 is 0 Å². The first-order valence-corrected chi connectivity index (χ1v) is 6.62.